The Hall–Kier alpha value is -2.01. The number of nitrogens with one attached hydrogen (secondary N) is 1. The van der Waals surface area contributed by atoms with Gasteiger partial charge in [0, 0.05) is 12.4 Å². The first-order valence-corrected chi connectivity index (χ1v) is 5.54. The maximum atomic E-state index is 13.5. The van der Waals surface area contributed by atoms with Gasteiger partial charge in [-0.1, -0.05) is 17.7 Å². The topological polar surface area (TPSA) is 54.9 Å². The third-order valence-electron chi connectivity index (χ3n) is 2.25. The summed E-state index contributed by atoms with van der Waals surface area (Å²) in [5, 5.41) is 2.24. The zero-order chi connectivity index (χ0) is 13.0. The number of nitrogens with zero attached hydrogens (tertiary/aromatic N) is 2. The molecule has 0 aromatic carbocycles. The molecule has 0 aliphatic carbocycles. The number of aromatic nitrogens is 2. The third kappa shape index (κ3) is 2.81. The van der Waals surface area contributed by atoms with Crippen LogP contribution in [0, 0.1) is 5.82 Å². The normalized spacial score (nSPS) is 10.1. The molecule has 0 aliphatic heterocycles. The SMILES string of the molecule is O=C(NCc1ccccn1)c1ccnc(Cl)c1F. The Morgan fingerprint density at radius 1 is 1.28 bits per heavy atom. The second-order valence-corrected chi connectivity index (χ2v) is 3.83. The molecule has 0 aliphatic rings. The molecular weight excluding hydrogens is 257 g/mol. The lowest BCUT2D eigenvalue weighted by Gasteiger charge is -2.05. The van der Waals surface area contributed by atoms with E-state index in [-0.39, 0.29) is 17.3 Å². The van der Waals surface area contributed by atoms with Crippen molar-refractivity contribution in [1.29, 1.82) is 0 Å². The van der Waals surface area contributed by atoms with E-state index in [9.17, 15) is 9.18 Å². The van der Waals surface area contributed by atoms with Gasteiger partial charge in [0.05, 0.1) is 17.8 Å². The molecule has 92 valence electrons. The van der Waals surface area contributed by atoms with Crippen LogP contribution in [0.1, 0.15) is 16.1 Å². The van der Waals surface area contributed by atoms with Crippen molar-refractivity contribution in [3.63, 3.8) is 0 Å². The fourth-order valence-electron chi connectivity index (χ4n) is 1.36. The summed E-state index contributed by atoms with van der Waals surface area (Å²) in [5.41, 5.74) is 0.553. The molecule has 0 bridgehead atoms. The van der Waals surface area contributed by atoms with Gasteiger partial charge in [-0.05, 0) is 18.2 Å². The minimum atomic E-state index is -0.822. The van der Waals surface area contributed by atoms with Crippen LogP contribution in [0.15, 0.2) is 36.7 Å². The number of hydrogen-bond acceptors (Lipinski definition) is 3. The molecule has 0 spiro atoms. The molecule has 0 unspecified atom stereocenters. The first-order valence-electron chi connectivity index (χ1n) is 5.16. The standard InChI is InChI=1S/C12H9ClFN3O/c13-11-10(14)9(4-6-16-11)12(18)17-7-8-3-1-2-5-15-8/h1-6H,7H2,(H,17,18). The summed E-state index contributed by atoms with van der Waals surface area (Å²) in [4.78, 5) is 19.3. The number of rotatable bonds is 3. The molecule has 0 radical (unpaired) electrons. The van der Waals surface area contributed by atoms with Gasteiger partial charge >= 0.3 is 0 Å². The summed E-state index contributed by atoms with van der Waals surface area (Å²) in [7, 11) is 0. The Bertz CT molecular complexity index is 563. The molecule has 0 saturated heterocycles. The second kappa shape index (κ2) is 5.55. The van der Waals surface area contributed by atoms with Crippen LogP contribution in [0.3, 0.4) is 0 Å². The molecule has 1 N–H and O–H groups in total. The summed E-state index contributed by atoms with van der Waals surface area (Å²) in [6.07, 6.45) is 2.90. The second-order valence-electron chi connectivity index (χ2n) is 3.47. The average Bonchev–Trinajstić information content (AvgIpc) is 2.40. The molecule has 1 amide bonds. The fraction of sp³-hybridized carbons (Fsp3) is 0.0833. The van der Waals surface area contributed by atoms with Crippen molar-refractivity contribution in [2.75, 3.05) is 0 Å². The van der Waals surface area contributed by atoms with Gasteiger partial charge in [0.2, 0.25) is 0 Å². The lowest BCUT2D eigenvalue weighted by atomic mass is 10.2. The first-order chi connectivity index (χ1) is 8.68. The highest BCUT2D eigenvalue weighted by Crippen LogP contribution is 2.14. The van der Waals surface area contributed by atoms with Crippen molar-refractivity contribution in [3.05, 3.63) is 58.9 Å². The van der Waals surface area contributed by atoms with E-state index in [0.29, 0.717) is 5.69 Å². The number of hydrogen-bond donors (Lipinski definition) is 1. The van der Waals surface area contributed by atoms with Crippen LogP contribution < -0.4 is 5.32 Å². The van der Waals surface area contributed by atoms with Crippen LogP contribution in [0.25, 0.3) is 0 Å². The lowest BCUT2D eigenvalue weighted by molar-refractivity contribution is 0.0946. The monoisotopic (exact) mass is 265 g/mol. The van der Waals surface area contributed by atoms with Gasteiger partial charge in [-0.15, -0.1) is 0 Å². The quantitative estimate of drug-likeness (QED) is 0.866. The van der Waals surface area contributed by atoms with Crippen LogP contribution >= 0.6 is 11.6 Å². The molecule has 4 nitrogen and oxygen atoms in total. The van der Waals surface area contributed by atoms with Crippen molar-refractivity contribution < 1.29 is 9.18 Å². The summed E-state index contributed by atoms with van der Waals surface area (Å²) in [5.74, 6) is -1.37. The van der Waals surface area contributed by atoms with Crippen molar-refractivity contribution >= 4 is 17.5 Å². The molecule has 2 rings (SSSR count). The number of pyridine rings is 2. The molecule has 2 heterocycles. The Kier molecular flexibility index (Phi) is 3.84. The highest BCUT2D eigenvalue weighted by Gasteiger charge is 2.14. The van der Waals surface area contributed by atoms with Crippen LogP contribution in [-0.4, -0.2) is 15.9 Å². The maximum absolute atomic E-state index is 13.5. The highest BCUT2D eigenvalue weighted by molar-refractivity contribution is 6.29. The van der Waals surface area contributed by atoms with Gasteiger partial charge < -0.3 is 5.32 Å². The fourth-order valence-corrected chi connectivity index (χ4v) is 1.52. The van der Waals surface area contributed by atoms with Crippen molar-refractivity contribution in [3.8, 4) is 0 Å². The minimum absolute atomic E-state index is 0.133. The Morgan fingerprint density at radius 3 is 2.83 bits per heavy atom. The van der Waals surface area contributed by atoms with Gasteiger partial charge in [0.1, 0.15) is 0 Å². The molecule has 0 saturated carbocycles. The van der Waals surface area contributed by atoms with Gasteiger partial charge in [-0.3, -0.25) is 9.78 Å². The zero-order valence-corrected chi connectivity index (χ0v) is 9.99. The molecule has 0 fully saturated rings. The van der Waals surface area contributed by atoms with Gasteiger partial charge in [-0.25, -0.2) is 9.37 Å². The van der Waals surface area contributed by atoms with Crippen molar-refractivity contribution in [2.45, 2.75) is 6.54 Å². The van der Waals surface area contributed by atoms with E-state index in [1.165, 1.54) is 12.3 Å². The van der Waals surface area contributed by atoms with E-state index >= 15 is 0 Å². The van der Waals surface area contributed by atoms with Crippen molar-refractivity contribution in [1.82, 2.24) is 15.3 Å². The van der Waals surface area contributed by atoms with E-state index in [0.717, 1.165) is 0 Å². The maximum Gasteiger partial charge on any atom is 0.254 e. The smallest absolute Gasteiger partial charge is 0.254 e. The van der Waals surface area contributed by atoms with E-state index in [1.807, 2.05) is 0 Å². The highest BCUT2D eigenvalue weighted by atomic mass is 35.5. The lowest BCUT2D eigenvalue weighted by Crippen LogP contribution is -2.24. The Morgan fingerprint density at radius 2 is 2.11 bits per heavy atom. The Labute approximate surface area is 108 Å². The zero-order valence-electron chi connectivity index (χ0n) is 9.23. The predicted octanol–water partition coefficient (Wildman–Crippen LogP) is 2.20. The molecule has 6 heteroatoms. The van der Waals surface area contributed by atoms with Gasteiger partial charge in [0.25, 0.3) is 5.91 Å². The molecule has 2 aromatic heterocycles. The number of amides is 1. The number of halogens is 2. The van der Waals surface area contributed by atoms with Crippen LogP contribution in [0.5, 0.6) is 0 Å². The molecule has 0 atom stereocenters. The molecular formula is C12H9ClFN3O. The number of carbonyl (C=O) groups is 1. The third-order valence-corrected chi connectivity index (χ3v) is 2.51. The van der Waals surface area contributed by atoms with Crippen LogP contribution in [0.4, 0.5) is 4.39 Å². The summed E-state index contributed by atoms with van der Waals surface area (Å²) in [6.45, 7) is 0.221. The van der Waals surface area contributed by atoms with E-state index in [2.05, 4.69) is 15.3 Å². The largest absolute Gasteiger partial charge is 0.346 e. The van der Waals surface area contributed by atoms with Gasteiger partial charge in [0.15, 0.2) is 11.0 Å². The molecule has 2 aromatic rings. The first kappa shape index (κ1) is 12.4. The summed E-state index contributed by atoms with van der Waals surface area (Å²) in [6, 6.07) is 6.61. The predicted molar refractivity (Wildman–Crippen MR) is 64.6 cm³/mol. The summed E-state index contributed by atoms with van der Waals surface area (Å²) < 4.78 is 13.5. The Balaban J connectivity index is 2.07. The van der Waals surface area contributed by atoms with Crippen LogP contribution in [-0.2, 0) is 6.54 Å². The van der Waals surface area contributed by atoms with E-state index in [1.54, 1.807) is 24.4 Å². The minimum Gasteiger partial charge on any atom is -0.346 e. The summed E-state index contributed by atoms with van der Waals surface area (Å²) >= 11 is 5.50. The van der Waals surface area contributed by atoms with E-state index < -0.39 is 11.7 Å². The van der Waals surface area contributed by atoms with E-state index in [4.69, 9.17) is 11.6 Å². The van der Waals surface area contributed by atoms with Gasteiger partial charge in [-0.2, -0.15) is 0 Å². The number of carbonyl (C=O) groups excluding carboxylic acids is 1. The van der Waals surface area contributed by atoms with Crippen molar-refractivity contribution in [2.24, 2.45) is 0 Å². The average molecular weight is 266 g/mol. The molecule has 18 heavy (non-hydrogen) atoms. The van der Waals surface area contributed by atoms with Crippen LogP contribution in [0.2, 0.25) is 5.15 Å².